The summed E-state index contributed by atoms with van der Waals surface area (Å²) in [5.74, 6) is -0.265. The number of ether oxygens (including phenoxy) is 1. The van der Waals surface area contributed by atoms with Gasteiger partial charge in [-0.2, -0.15) is 0 Å². The number of hydrogen-bond donors (Lipinski definition) is 1. The highest BCUT2D eigenvalue weighted by atomic mass is 19.1. The molecule has 0 radical (unpaired) electrons. The fourth-order valence-electron chi connectivity index (χ4n) is 2.16. The molecular formula is C18H20FNO2. The van der Waals surface area contributed by atoms with Gasteiger partial charge in [0, 0.05) is 6.07 Å². The van der Waals surface area contributed by atoms with Crippen molar-refractivity contribution >= 4 is 5.91 Å². The molecule has 0 aromatic heterocycles. The third-order valence-corrected chi connectivity index (χ3v) is 3.39. The average molecular weight is 301 g/mol. The second-order valence-corrected chi connectivity index (χ2v) is 5.19. The Bertz CT molecular complexity index is 625. The lowest BCUT2D eigenvalue weighted by molar-refractivity contribution is -0.123. The van der Waals surface area contributed by atoms with Crippen LogP contribution in [0.25, 0.3) is 0 Å². The van der Waals surface area contributed by atoms with Gasteiger partial charge in [0.25, 0.3) is 5.91 Å². The van der Waals surface area contributed by atoms with Crippen LogP contribution in [-0.4, -0.2) is 12.5 Å². The zero-order valence-corrected chi connectivity index (χ0v) is 12.8. The fraction of sp³-hybridized carbons (Fsp3) is 0.278. The molecule has 1 N–H and O–H groups in total. The summed E-state index contributed by atoms with van der Waals surface area (Å²) < 4.78 is 18.3. The van der Waals surface area contributed by atoms with Gasteiger partial charge in [-0.15, -0.1) is 0 Å². The molecule has 0 saturated carbocycles. The zero-order chi connectivity index (χ0) is 15.9. The van der Waals surface area contributed by atoms with Gasteiger partial charge in [0.2, 0.25) is 0 Å². The van der Waals surface area contributed by atoms with Gasteiger partial charge in [-0.1, -0.05) is 42.8 Å². The topological polar surface area (TPSA) is 38.3 Å². The van der Waals surface area contributed by atoms with Crippen molar-refractivity contribution in [2.24, 2.45) is 0 Å². The second kappa shape index (κ2) is 7.59. The Balaban J connectivity index is 1.90. The van der Waals surface area contributed by atoms with E-state index in [0.29, 0.717) is 5.75 Å². The molecule has 0 saturated heterocycles. The molecule has 0 heterocycles. The van der Waals surface area contributed by atoms with Crippen molar-refractivity contribution in [3.8, 4) is 5.75 Å². The molecule has 0 aliphatic heterocycles. The smallest absolute Gasteiger partial charge is 0.258 e. The van der Waals surface area contributed by atoms with Crippen molar-refractivity contribution in [1.29, 1.82) is 0 Å². The molecule has 0 spiro atoms. The molecule has 1 amide bonds. The van der Waals surface area contributed by atoms with Gasteiger partial charge < -0.3 is 10.1 Å². The van der Waals surface area contributed by atoms with Crippen molar-refractivity contribution in [3.63, 3.8) is 0 Å². The first-order valence-corrected chi connectivity index (χ1v) is 7.32. The van der Waals surface area contributed by atoms with Crippen molar-refractivity contribution in [2.45, 2.75) is 26.3 Å². The Morgan fingerprint density at radius 1 is 1.23 bits per heavy atom. The summed E-state index contributed by atoms with van der Waals surface area (Å²) >= 11 is 0. The van der Waals surface area contributed by atoms with Gasteiger partial charge in [-0.25, -0.2) is 4.39 Å². The van der Waals surface area contributed by atoms with E-state index in [1.54, 1.807) is 12.1 Å². The zero-order valence-electron chi connectivity index (χ0n) is 12.8. The molecule has 22 heavy (non-hydrogen) atoms. The lowest BCUT2D eigenvalue weighted by Gasteiger charge is -2.18. The Morgan fingerprint density at radius 2 is 1.95 bits per heavy atom. The highest BCUT2D eigenvalue weighted by Crippen LogP contribution is 2.17. The lowest BCUT2D eigenvalue weighted by atomic mass is 10.0. The summed E-state index contributed by atoms with van der Waals surface area (Å²) in [4.78, 5) is 12.0. The summed E-state index contributed by atoms with van der Waals surface area (Å²) in [6.07, 6.45) is 0.786. The minimum absolute atomic E-state index is 0.0517. The van der Waals surface area contributed by atoms with Crippen LogP contribution in [0, 0.1) is 12.7 Å². The van der Waals surface area contributed by atoms with Gasteiger partial charge in [0.05, 0.1) is 6.04 Å². The van der Waals surface area contributed by atoms with E-state index >= 15 is 0 Å². The summed E-state index contributed by atoms with van der Waals surface area (Å²) in [7, 11) is 0. The fourth-order valence-corrected chi connectivity index (χ4v) is 2.16. The summed E-state index contributed by atoms with van der Waals surface area (Å²) in [5.41, 5.74) is 2.24. The first kappa shape index (κ1) is 16.0. The van der Waals surface area contributed by atoms with Crippen LogP contribution in [0.4, 0.5) is 4.39 Å². The molecule has 4 heteroatoms. The van der Waals surface area contributed by atoms with Crippen LogP contribution >= 0.6 is 0 Å². The highest BCUT2D eigenvalue weighted by Gasteiger charge is 2.13. The van der Waals surface area contributed by atoms with Crippen LogP contribution in [0.1, 0.15) is 30.5 Å². The van der Waals surface area contributed by atoms with E-state index in [2.05, 4.69) is 5.32 Å². The summed E-state index contributed by atoms with van der Waals surface area (Å²) in [6.45, 7) is 3.90. The number of hydrogen-bond acceptors (Lipinski definition) is 2. The van der Waals surface area contributed by atoms with Gasteiger partial charge in [-0.05, 0) is 31.0 Å². The number of carbonyl (C=O) groups is 1. The van der Waals surface area contributed by atoms with E-state index in [4.69, 9.17) is 4.74 Å². The highest BCUT2D eigenvalue weighted by molar-refractivity contribution is 5.78. The number of amides is 1. The number of aryl methyl sites for hydroxylation is 1. The monoisotopic (exact) mass is 301 g/mol. The van der Waals surface area contributed by atoms with Crippen molar-refractivity contribution in [3.05, 3.63) is 65.5 Å². The Labute approximate surface area is 130 Å². The first-order valence-electron chi connectivity index (χ1n) is 7.32. The van der Waals surface area contributed by atoms with Crippen molar-refractivity contribution < 1.29 is 13.9 Å². The molecule has 0 bridgehead atoms. The number of nitrogens with one attached hydrogen (secondary N) is 1. The molecule has 0 fully saturated rings. The molecule has 1 atom stereocenters. The predicted octanol–water partition coefficient (Wildman–Crippen LogP) is 3.78. The molecule has 2 aromatic rings. The standard InChI is InChI=1S/C18H20FNO2/c1-3-17(14-9-7-13(2)8-10-14)20-18(21)12-22-16-6-4-5-15(19)11-16/h4-11,17H,3,12H2,1-2H3,(H,20,21). The number of carbonyl (C=O) groups excluding carboxylic acids is 1. The predicted molar refractivity (Wildman–Crippen MR) is 84.2 cm³/mol. The van der Waals surface area contributed by atoms with Crippen molar-refractivity contribution in [2.75, 3.05) is 6.61 Å². The molecule has 0 aliphatic rings. The van der Waals surface area contributed by atoms with Crippen LogP contribution in [0.15, 0.2) is 48.5 Å². The Hall–Kier alpha value is -2.36. The summed E-state index contributed by atoms with van der Waals surface area (Å²) in [6, 6.07) is 13.8. The maximum absolute atomic E-state index is 13.0. The van der Waals surface area contributed by atoms with E-state index in [9.17, 15) is 9.18 Å². The molecule has 0 aliphatic carbocycles. The molecule has 116 valence electrons. The van der Waals surface area contributed by atoms with E-state index in [-0.39, 0.29) is 24.4 Å². The number of benzene rings is 2. The maximum atomic E-state index is 13.0. The van der Waals surface area contributed by atoms with Crippen LogP contribution in [0.2, 0.25) is 0 Å². The average Bonchev–Trinajstić information content (AvgIpc) is 2.52. The molecule has 2 rings (SSSR count). The van der Waals surface area contributed by atoms with Crippen LogP contribution in [0.3, 0.4) is 0 Å². The SMILES string of the molecule is CCC(NC(=O)COc1cccc(F)c1)c1ccc(C)cc1. The van der Waals surface area contributed by atoms with Gasteiger partial charge in [-0.3, -0.25) is 4.79 Å². The second-order valence-electron chi connectivity index (χ2n) is 5.19. The molecule has 2 aromatic carbocycles. The maximum Gasteiger partial charge on any atom is 0.258 e. The van der Waals surface area contributed by atoms with Crippen LogP contribution in [-0.2, 0) is 4.79 Å². The van der Waals surface area contributed by atoms with E-state index in [0.717, 1.165) is 12.0 Å². The summed E-state index contributed by atoms with van der Waals surface area (Å²) in [5, 5.41) is 2.93. The van der Waals surface area contributed by atoms with E-state index in [1.165, 1.54) is 17.7 Å². The van der Waals surface area contributed by atoms with Gasteiger partial charge in [0.15, 0.2) is 6.61 Å². The van der Waals surface area contributed by atoms with E-state index in [1.807, 2.05) is 38.1 Å². The van der Waals surface area contributed by atoms with Crippen LogP contribution in [0.5, 0.6) is 5.75 Å². The van der Waals surface area contributed by atoms with E-state index < -0.39 is 0 Å². The van der Waals surface area contributed by atoms with Crippen molar-refractivity contribution in [1.82, 2.24) is 5.32 Å². The number of rotatable bonds is 6. The molecule has 3 nitrogen and oxygen atoms in total. The number of halogens is 1. The normalized spacial score (nSPS) is 11.8. The van der Waals surface area contributed by atoms with Gasteiger partial charge in [0.1, 0.15) is 11.6 Å². The largest absolute Gasteiger partial charge is 0.484 e. The minimum atomic E-state index is -0.385. The van der Waals surface area contributed by atoms with Crippen LogP contribution < -0.4 is 10.1 Å². The Kier molecular flexibility index (Phi) is 5.53. The third kappa shape index (κ3) is 4.58. The quantitative estimate of drug-likeness (QED) is 0.881. The molecular weight excluding hydrogens is 281 g/mol. The minimum Gasteiger partial charge on any atom is -0.484 e. The Morgan fingerprint density at radius 3 is 2.59 bits per heavy atom. The third-order valence-electron chi connectivity index (χ3n) is 3.39. The lowest BCUT2D eigenvalue weighted by Crippen LogP contribution is -2.32. The first-order chi connectivity index (χ1) is 10.6. The van der Waals surface area contributed by atoms with Gasteiger partial charge >= 0.3 is 0 Å². The molecule has 1 unspecified atom stereocenters.